The van der Waals surface area contributed by atoms with E-state index in [0.717, 1.165) is 91.0 Å². The van der Waals surface area contributed by atoms with Crippen LogP contribution in [0.15, 0.2) is 236 Å². The second-order valence-electron chi connectivity index (χ2n) is 27.7. The van der Waals surface area contributed by atoms with Crippen LogP contribution in [0.5, 0.6) is 23.0 Å². The molecule has 12 aromatic rings. The van der Waals surface area contributed by atoms with Crippen molar-refractivity contribution in [2.45, 2.75) is 132 Å². The lowest BCUT2D eigenvalue weighted by molar-refractivity contribution is -0.160. The Kier molecular flexibility index (Phi) is 31.9. The Balaban J connectivity index is 0.000000182. The van der Waals surface area contributed by atoms with Gasteiger partial charge >= 0.3 is 34.7 Å². The van der Waals surface area contributed by atoms with Gasteiger partial charge in [-0.2, -0.15) is 0 Å². The fraction of sp³-hybridized carbons (Fsp3) is 0.310. The molecule has 0 amide bonds. The van der Waals surface area contributed by atoms with E-state index in [0.29, 0.717) is 28.7 Å². The molecule has 6 aromatic heterocycles. The number of hydrogen-bond donors (Lipinski definition) is 4. The van der Waals surface area contributed by atoms with Crippen molar-refractivity contribution in [3.63, 3.8) is 0 Å². The number of anilines is 2. The third-order valence-electron chi connectivity index (χ3n) is 19.4. The van der Waals surface area contributed by atoms with Gasteiger partial charge in [-0.1, -0.05) is 122 Å². The summed E-state index contributed by atoms with van der Waals surface area (Å²) in [6.07, 6.45) is 6.81. The third-order valence-corrected chi connectivity index (χ3v) is 21.5. The molecular formula is C87H96Br4N12O17. The van der Waals surface area contributed by atoms with Crippen molar-refractivity contribution >= 4 is 109 Å². The number of aryl methyl sites for hydroxylation is 2. The number of esters is 2. The molecule has 4 fully saturated rings. The van der Waals surface area contributed by atoms with Gasteiger partial charge in [0.15, 0.2) is 5.92 Å². The number of fused-ring (bicyclic) bond motifs is 2. The van der Waals surface area contributed by atoms with E-state index in [1.165, 1.54) is 83.5 Å². The molecule has 0 aliphatic heterocycles. The van der Waals surface area contributed by atoms with E-state index < -0.39 is 51.5 Å². The topological polar surface area (TPSA) is 346 Å². The first-order chi connectivity index (χ1) is 56.0. The number of benzene rings is 6. The fourth-order valence-electron chi connectivity index (χ4n) is 12.8. The molecule has 0 bridgehead atoms. The quantitative estimate of drug-likeness (QED) is 0.0515. The van der Waals surface area contributed by atoms with Crippen molar-refractivity contribution < 1.29 is 34.0 Å². The minimum atomic E-state index is -0.815. The zero-order valence-electron chi connectivity index (χ0n) is 65.1. The number of carbonyl (C=O) groups is 2. The summed E-state index contributed by atoms with van der Waals surface area (Å²) in [6.45, 7) is 8.34. The molecule has 6 heterocycles. The number of nitrogens with zero attached hydrogens (tertiary/aromatic N) is 10. The first-order valence-electron chi connectivity index (χ1n) is 37.4. The van der Waals surface area contributed by atoms with E-state index in [1.54, 1.807) is 93.2 Å². The molecule has 0 unspecified atom stereocenters. The summed E-state index contributed by atoms with van der Waals surface area (Å²) >= 11 is 13.4. The van der Waals surface area contributed by atoms with Gasteiger partial charge in [0.05, 0.1) is 47.1 Å². The molecule has 634 valence electrons. The summed E-state index contributed by atoms with van der Waals surface area (Å²) in [5.41, 5.74) is -1.56. The van der Waals surface area contributed by atoms with Gasteiger partial charge in [-0.15, -0.1) is 0 Å². The van der Waals surface area contributed by atoms with Crippen LogP contribution in [0.25, 0.3) is 44.8 Å². The summed E-state index contributed by atoms with van der Waals surface area (Å²) in [5.74, 6) is 0.205. The lowest BCUT2D eigenvalue weighted by atomic mass is 10.2. The SMILES string of the molecule is C.C.C.CCOC(=O)C(C)C(=O)OCC.CNc1cc(=O)n(-c2ccc(Br)cc2)c(=O)n1C1CC1.CNc1cc(=O)n(C2CC2)c(=O)n1-c1ccc(Br)cc1.Cc1c(O)c2c(=O)n(-c3ccc(Br)cc3)c(=O)n(C3CC3)c2n(C)c1=O.Cc1c(O)c2c(=O)n(C3CC3)c(=O)n(-c3ccc(Br)cc3)c2n(C)c1=O.c1ccc(Oc2ccccc2)cc1. The molecule has 6 aromatic carbocycles. The monoisotopic (exact) mass is 1900 g/mol. The molecule has 0 spiro atoms. The molecule has 29 nitrogen and oxygen atoms in total. The zero-order valence-corrected chi connectivity index (χ0v) is 71.5. The van der Waals surface area contributed by atoms with Gasteiger partial charge in [0.25, 0.3) is 33.4 Å². The number of carbonyl (C=O) groups excluding carboxylic acids is 2. The number of hydrogen-bond acceptors (Lipinski definition) is 19. The number of ether oxygens (including phenoxy) is 3. The Hall–Kier alpha value is -11.7. The molecular weight excluding hydrogens is 1800 g/mol. The Morgan fingerprint density at radius 2 is 0.733 bits per heavy atom. The highest BCUT2D eigenvalue weighted by Crippen LogP contribution is 2.38. The van der Waals surface area contributed by atoms with E-state index >= 15 is 0 Å². The average molecular weight is 1900 g/mol. The predicted octanol–water partition coefficient (Wildman–Crippen LogP) is 14.3. The van der Waals surface area contributed by atoms with E-state index in [9.17, 15) is 67.7 Å². The van der Waals surface area contributed by atoms with Gasteiger partial charge in [0, 0.05) is 82.4 Å². The Labute approximate surface area is 723 Å². The Bertz CT molecular complexity index is 6310. The number of aromatic nitrogens is 10. The largest absolute Gasteiger partial charge is 0.506 e. The van der Waals surface area contributed by atoms with Crippen LogP contribution in [0.4, 0.5) is 11.6 Å². The van der Waals surface area contributed by atoms with Crippen molar-refractivity contribution in [3.8, 4) is 45.7 Å². The summed E-state index contributed by atoms with van der Waals surface area (Å²) in [6, 6.07) is 50.8. The molecule has 4 saturated carbocycles. The number of halogens is 4. The van der Waals surface area contributed by atoms with E-state index in [4.69, 9.17) is 4.74 Å². The summed E-state index contributed by atoms with van der Waals surface area (Å²) in [5, 5.41) is 26.9. The first-order valence-corrected chi connectivity index (χ1v) is 40.6. The molecule has 4 N–H and O–H groups in total. The van der Waals surface area contributed by atoms with Gasteiger partial charge in [-0.05, 0) is 207 Å². The highest BCUT2D eigenvalue weighted by Gasteiger charge is 2.35. The molecule has 0 saturated heterocycles. The van der Waals surface area contributed by atoms with Gasteiger partial charge in [0.2, 0.25) is 0 Å². The first kappa shape index (κ1) is 93.8. The van der Waals surface area contributed by atoms with Crippen LogP contribution >= 0.6 is 63.7 Å². The average Bonchev–Trinajstić information content (AvgIpc) is 1.33. The van der Waals surface area contributed by atoms with Gasteiger partial charge < -0.3 is 35.1 Å². The summed E-state index contributed by atoms with van der Waals surface area (Å²) in [7, 11) is 6.42. The third kappa shape index (κ3) is 20.8. The molecule has 4 aliphatic carbocycles. The normalized spacial score (nSPS) is 12.9. The van der Waals surface area contributed by atoms with Crippen molar-refractivity contribution in [1.29, 1.82) is 0 Å². The van der Waals surface area contributed by atoms with Crippen LogP contribution in [0.3, 0.4) is 0 Å². The summed E-state index contributed by atoms with van der Waals surface area (Å²) < 4.78 is 31.6. The minimum Gasteiger partial charge on any atom is -0.506 e. The number of pyridine rings is 2. The molecule has 0 atom stereocenters. The zero-order chi connectivity index (χ0) is 84.5. The molecule has 0 radical (unpaired) electrons. The number of nitrogens with one attached hydrogen (secondary N) is 2. The van der Waals surface area contributed by atoms with Crippen LogP contribution < -0.4 is 71.5 Å². The van der Waals surface area contributed by atoms with Gasteiger partial charge in [-0.25, -0.2) is 37.4 Å². The van der Waals surface area contributed by atoms with Crippen LogP contribution in [0.1, 0.15) is 130 Å². The second-order valence-corrected chi connectivity index (χ2v) is 31.3. The lowest BCUT2D eigenvalue weighted by Gasteiger charge is -2.17. The molecule has 16 rings (SSSR count). The highest BCUT2D eigenvalue weighted by molar-refractivity contribution is 9.11. The van der Waals surface area contributed by atoms with Crippen molar-refractivity contribution in [2.24, 2.45) is 20.0 Å². The second kappa shape index (κ2) is 40.9. The predicted molar refractivity (Wildman–Crippen MR) is 482 cm³/mol. The lowest BCUT2D eigenvalue weighted by Crippen LogP contribution is -2.41. The van der Waals surface area contributed by atoms with Crippen LogP contribution in [0.2, 0.25) is 0 Å². The van der Waals surface area contributed by atoms with Crippen molar-refractivity contribution in [3.05, 3.63) is 303 Å². The summed E-state index contributed by atoms with van der Waals surface area (Å²) in [4.78, 5) is 149. The minimum absolute atomic E-state index is 0. The maximum Gasteiger partial charge on any atom is 0.337 e. The smallest absolute Gasteiger partial charge is 0.337 e. The van der Waals surface area contributed by atoms with E-state index in [1.807, 2.05) is 97.1 Å². The number of aromatic hydroxyl groups is 2. The van der Waals surface area contributed by atoms with Crippen molar-refractivity contribution in [1.82, 2.24) is 45.7 Å². The number of rotatable bonds is 16. The Morgan fingerprint density at radius 1 is 0.408 bits per heavy atom. The molecule has 120 heavy (non-hydrogen) atoms. The maximum atomic E-state index is 13.1. The van der Waals surface area contributed by atoms with Gasteiger partial charge in [-0.3, -0.25) is 65.8 Å². The number of para-hydroxylation sites is 2. The Morgan fingerprint density at radius 3 is 1.13 bits per heavy atom. The van der Waals surface area contributed by atoms with E-state index in [-0.39, 0.29) is 127 Å². The van der Waals surface area contributed by atoms with Gasteiger partial charge in [0.1, 0.15) is 56.7 Å². The highest BCUT2D eigenvalue weighted by atomic mass is 79.9. The van der Waals surface area contributed by atoms with E-state index in [2.05, 4.69) is 83.8 Å². The van der Waals surface area contributed by atoms with Crippen LogP contribution in [0, 0.1) is 19.8 Å². The van der Waals surface area contributed by atoms with Crippen LogP contribution in [-0.4, -0.2) is 95.1 Å². The van der Waals surface area contributed by atoms with Crippen molar-refractivity contribution in [2.75, 3.05) is 37.9 Å². The maximum absolute atomic E-state index is 13.1. The molecule has 4 aliphatic rings. The fourth-order valence-corrected chi connectivity index (χ4v) is 13.8. The molecule has 33 heteroatoms. The standard InChI is InChI=1S/2C18H16BrN3O4.2C14H14BrN3O2.C12H10O.C8H14O4.3CH4/c1-9-14(23)13-15(20(2)16(9)24)21(11-7-8-11)18(26)22(17(13)25)12-5-3-10(19)4-6-12;1-9-14(23)13-15(20(2)16(9)24)21(11-5-3-10(19)4-6-11)18(26)22(17(13)25)12-7-8-12;1-16-12-8-13(19)18(11-4-2-9(15)3-5-11)14(20)17(12)10-6-7-10;1-16-12-8-13(19)18(11-6-7-11)14(20)17(12)10-4-2-9(15)3-5-10;1-3-7-11(8-4-1)13-12-9-5-2-6-10-12;1-4-11-7(9)6(3)8(10)12-5-2;;;/h3-6,11,23H,7-8H2,1-2H3;3-6,12,23H,7-8H2,1-2H3;2-5,8,10,16H,6-7H2,1H3;2-5,8,11,16H,6-7H2,1H3;1-10H;6H,4-5H2,1-3H3;3*1H4. The van der Waals surface area contributed by atoms with Crippen LogP contribution in [-0.2, 0) is 33.2 Å².